The maximum absolute atomic E-state index is 11.8. The van der Waals surface area contributed by atoms with Gasteiger partial charge in [-0.1, -0.05) is 12.1 Å². The SMILES string of the molecule is COc1ccccc1NCC(=O)NN=Cc1cc([N+](=O)[O-])cc([N+](=O)[O-])c1O. The summed E-state index contributed by atoms with van der Waals surface area (Å²) in [6, 6.07) is 8.44. The second-order valence-electron chi connectivity index (χ2n) is 5.26. The summed E-state index contributed by atoms with van der Waals surface area (Å²) in [6.45, 7) is -0.168. The van der Waals surface area contributed by atoms with Crippen molar-refractivity contribution in [3.63, 3.8) is 0 Å². The molecule has 0 spiro atoms. The van der Waals surface area contributed by atoms with E-state index in [4.69, 9.17) is 4.74 Å². The van der Waals surface area contributed by atoms with Gasteiger partial charge in [-0.2, -0.15) is 5.10 Å². The number of benzene rings is 2. The third-order valence-electron chi connectivity index (χ3n) is 3.45. The summed E-state index contributed by atoms with van der Waals surface area (Å²) in [4.78, 5) is 31.8. The molecule has 2 rings (SSSR count). The van der Waals surface area contributed by atoms with Gasteiger partial charge in [0.15, 0.2) is 0 Å². The van der Waals surface area contributed by atoms with E-state index in [2.05, 4.69) is 15.8 Å². The van der Waals surface area contributed by atoms with E-state index in [0.717, 1.165) is 12.3 Å². The molecule has 12 heteroatoms. The second-order valence-corrected chi connectivity index (χ2v) is 5.26. The van der Waals surface area contributed by atoms with Gasteiger partial charge in [0, 0.05) is 6.07 Å². The number of hydrogen-bond acceptors (Lipinski definition) is 9. The number of hydrogen-bond donors (Lipinski definition) is 3. The first-order valence-electron chi connectivity index (χ1n) is 7.68. The first-order valence-corrected chi connectivity index (χ1v) is 7.68. The fraction of sp³-hybridized carbons (Fsp3) is 0.125. The molecule has 12 nitrogen and oxygen atoms in total. The molecule has 0 aliphatic heterocycles. The highest BCUT2D eigenvalue weighted by Gasteiger charge is 2.23. The third kappa shape index (κ3) is 4.91. The molecule has 0 bridgehead atoms. The monoisotopic (exact) mass is 389 g/mol. The van der Waals surface area contributed by atoms with Crippen LogP contribution >= 0.6 is 0 Å². The van der Waals surface area contributed by atoms with Crippen LogP contribution in [0.3, 0.4) is 0 Å². The predicted molar refractivity (Wildman–Crippen MR) is 98.6 cm³/mol. The predicted octanol–water partition coefficient (Wildman–Crippen LogP) is 1.78. The lowest BCUT2D eigenvalue weighted by Gasteiger charge is -2.09. The number of phenolic OH excluding ortho intramolecular Hbond substituents is 1. The number of nitro groups is 2. The number of nitrogens with zero attached hydrogens (tertiary/aromatic N) is 3. The zero-order valence-electron chi connectivity index (χ0n) is 14.5. The number of para-hydroxylation sites is 2. The Morgan fingerprint density at radius 1 is 1.25 bits per heavy atom. The molecule has 0 aliphatic carbocycles. The number of non-ortho nitro benzene ring substituents is 1. The number of ether oxygens (including phenoxy) is 1. The summed E-state index contributed by atoms with van der Waals surface area (Å²) in [6.07, 6.45) is 0.871. The minimum absolute atomic E-state index is 0.168. The maximum Gasteiger partial charge on any atom is 0.318 e. The van der Waals surface area contributed by atoms with Crippen molar-refractivity contribution in [2.24, 2.45) is 5.10 Å². The van der Waals surface area contributed by atoms with Gasteiger partial charge in [-0.25, -0.2) is 5.43 Å². The Balaban J connectivity index is 2.06. The van der Waals surface area contributed by atoms with Crippen LogP contribution in [0.1, 0.15) is 5.56 Å². The molecule has 3 N–H and O–H groups in total. The maximum atomic E-state index is 11.8. The van der Waals surface area contributed by atoms with Crippen molar-refractivity contribution < 1.29 is 24.5 Å². The van der Waals surface area contributed by atoms with E-state index in [1.165, 1.54) is 7.11 Å². The number of nitrogens with one attached hydrogen (secondary N) is 2. The number of carbonyl (C=O) groups excluding carboxylic acids is 1. The van der Waals surface area contributed by atoms with E-state index in [9.17, 15) is 30.1 Å². The van der Waals surface area contributed by atoms with Crippen LogP contribution in [-0.4, -0.2) is 40.7 Å². The Hall–Kier alpha value is -4.22. The average molecular weight is 389 g/mol. The Morgan fingerprint density at radius 3 is 2.61 bits per heavy atom. The lowest BCUT2D eigenvalue weighted by molar-refractivity contribution is -0.394. The van der Waals surface area contributed by atoms with Crippen LogP contribution in [0.25, 0.3) is 0 Å². The second kappa shape index (κ2) is 8.93. The van der Waals surface area contributed by atoms with Gasteiger partial charge >= 0.3 is 5.69 Å². The zero-order valence-corrected chi connectivity index (χ0v) is 14.5. The summed E-state index contributed by atoms with van der Waals surface area (Å²) < 4.78 is 5.13. The highest BCUT2D eigenvalue weighted by atomic mass is 16.6. The summed E-state index contributed by atoms with van der Waals surface area (Å²) in [5, 5.41) is 38.0. The van der Waals surface area contributed by atoms with Gasteiger partial charge < -0.3 is 15.2 Å². The molecule has 0 saturated carbocycles. The van der Waals surface area contributed by atoms with Gasteiger partial charge in [-0.05, 0) is 12.1 Å². The number of carbonyl (C=O) groups is 1. The van der Waals surface area contributed by atoms with E-state index in [1.807, 2.05) is 0 Å². The van der Waals surface area contributed by atoms with Crippen LogP contribution in [0, 0.1) is 20.2 Å². The smallest absolute Gasteiger partial charge is 0.318 e. The van der Waals surface area contributed by atoms with Crippen molar-refractivity contribution >= 4 is 29.2 Å². The minimum Gasteiger partial charge on any atom is -0.502 e. The molecule has 0 radical (unpaired) electrons. The van der Waals surface area contributed by atoms with Crippen molar-refractivity contribution in [2.75, 3.05) is 19.0 Å². The van der Waals surface area contributed by atoms with Gasteiger partial charge in [-0.15, -0.1) is 0 Å². The standard InChI is InChI=1S/C16H15N5O7/c1-28-14-5-3-2-4-12(14)17-9-15(22)19-18-8-10-6-11(20(24)25)7-13(16(10)23)21(26)27/h2-8,17,23H,9H2,1H3,(H,19,22). The van der Waals surface area contributed by atoms with Crippen LogP contribution < -0.4 is 15.5 Å². The summed E-state index contributed by atoms with van der Waals surface area (Å²) >= 11 is 0. The Bertz CT molecular complexity index is 945. The number of hydrazone groups is 1. The molecule has 0 saturated heterocycles. The fourth-order valence-electron chi connectivity index (χ4n) is 2.15. The van der Waals surface area contributed by atoms with Gasteiger partial charge in [0.2, 0.25) is 5.75 Å². The third-order valence-corrected chi connectivity index (χ3v) is 3.45. The van der Waals surface area contributed by atoms with E-state index >= 15 is 0 Å². The summed E-state index contributed by atoms with van der Waals surface area (Å²) in [5.41, 5.74) is 0.978. The number of amides is 1. The molecule has 0 aromatic heterocycles. The quantitative estimate of drug-likeness (QED) is 0.348. The van der Waals surface area contributed by atoms with Gasteiger partial charge in [0.25, 0.3) is 11.6 Å². The summed E-state index contributed by atoms with van der Waals surface area (Å²) in [5.74, 6) is -0.838. The first kappa shape index (κ1) is 20.1. The number of rotatable bonds is 8. The zero-order chi connectivity index (χ0) is 20.7. The summed E-state index contributed by atoms with van der Waals surface area (Å²) in [7, 11) is 1.48. The number of nitro benzene ring substituents is 2. The molecule has 2 aromatic rings. The van der Waals surface area contributed by atoms with Crippen LogP contribution in [0.2, 0.25) is 0 Å². The molecular formula is C16H15N5O7. The van der Waals surface area contributed by atoms with Crippen LogP contribution in [0.4, 0.5) is 17.1 Å². The van der Waals surface area contributed by atoms with E-state index in [-0.39, 0.29) is 12.1 Å². The van der Waals surface area contributed by atoms with Gasteiger partial charge in [0.05, 0.1) is 47.0 Å². The lowest BCUT2D eigenvalue weighted by Crippen LogP contribution is -2.26. The number of phenols is 1. The van der Waals surface area contributed by atoms with Gasteiger partial charge in [0.1, 0.15) is 5.75 Å². The molecule has 0 aliphatic rings. The number of aromatic hydroxyl groups is 1. The van der Waals surface area contributed by atoms with Crippen molar-refractivity contribution in [1.82, 2.24) is 5.43 Å². The topological polar surface area (TPSA) is 169 Å². The Labute approximate surface area is 157 Å². The molecule has 0 heterocycles. The molecule has 2 aromatic carbocycles. The molecule has 0 unspecified atom stereocenters. The average Bonchev–Trinajstić information content (AvgIpc) is 2.67. The Kier molecular flexibility index (Phi) is 6.41. The van der Waals surface area contributed by atoms with Crippen molar-refractivity contribution in [1.29, 1.82) is 0 Å². The van der Waals surface area contributed by atoms with E-state index < -0.39 is 32.9 Å². The van der Waals surface area contributed by atoms with Crippen LogP contribution in [0.15, 0.2) is 41.5 Å². The van der Waals surface area contributed by atoms with Gasteiger partial charge in [-0.3, -0.25) is 25.0 Å². The van der Waals surface area contributed by atoms with Crippen molar-refractivity contribution in [3.05, 3.63) is 62.2 Å². The molecule has 0 atom stereocenters. The van der Waals surface area contributed by atoms with Crippen molar-refractivity contribution in [2.45, 2.75) is 0 Å². The number of methoxy groups -OCH3 is 1. The highest BCUT2D eigenvalue weighted by Crippen LogP contribution is 2.33. The fourth-order valence-corrected chi connectivity index (χ4v) is 2.15. The van der Waals surface area contributed by atoms with Crippen LogP contribution in [0.5, 0.6) is 11.5 Å². The van der Waals surface area contributed by atoms with E-state index in [1.54, 1.807) is 24.3 Å². The molecule has 146 valence electrons. The molecular weight excluding hydrogens is 374 g/mol. The number of anilines is 1. The Morgan fingerprint density at radius 2 is 1.96 bits per heavy atom. The normalized spacial score (nSPS) is 10.5. The van der Waals surface area contributed by atoms with Crippen molar-refractivity contribution in [3.8, 4) is 11.5 Å². The lowest BCUT2D eigenvalue weighted by atomic mass is 10.1. The van der Waals surface area contributed by atoms with Crippen LogP contribution in [-0.2, 0) is 4.79 Å². The molecule has 28 heavy (non-hydrogen) atoms. The molecule has 0 fully saturated rings. The largest absolute Gasteiger partial charge is 0.502 e. The highest BCUT2D eigenvalue weighted by molar-refractivity contribution is 5.88. The first-order chi connectivity index (χ1) is 13.3. The van der Waals surface area contributed by atoms with E-state index in [0.29, 0.717) is 17.5 Å². The minimum atomic E-state index is -0.963. The molecule has 1 amide bonds.